The van der Waals surface area contributed by atoms with Gasteiger partial charge < -0.3 is 29.6 Å². The third-order valence-electron chi connectivity index (χ3n) is 5.60. The molecule has 0 spiro atoms. The number of fused-ring (bicyclic) bond motifs is 1. The van der Waals surface area contributed by atoms with Crippen LogP contribution in [0.3, 0.4) is 0 Å². The zero-order chi connectivity index (χ0) is 24.7. The lowest BCUT2D eigenvalue weighted by atomic mass is 10.1. The van der Waals surface area contributed by atoms with E-state index in [0.717, 1.165) is 16.9 Å². The molecule has 2 N–H and O–H groups in total. The first kappa shape index (κ1) is 25.4. The average molecular weight is 471 g/mol. The van der Waals surface area contributed by atoms with E-state index in [0.29, 0.717) is 25.1 Å². The van der Waals surface area contributed by atoms with Gasteiger partial charge in [0.15, 0.2) is 11.5 Å². The van der Waals surface area contributed by atoms with E-state index >= 15 is 0 Å². The highest BCUT2D eigenvalue weighted by molar-refractivity contribution is 5.76. The van der Waals surface area contributed by atoms with Gasteiger partial charge in [-0.2, -0.15) is 0 Å². The van der Waals surface area contributed by atoms with E-state index in [4.69, 9.17) is 24.7 Å². The molecular formula is C26H34N2O6. The van der Waals surface area contributed by atoms with Crippen LogP contribution in [0.25, 0.3) is 0 Å². The fourth-order valence-corrected chi connectivity index (χ4v) is 3.79. The molecule has 0 saturated carbocycles. The van der Waals surface area contributed by atoms with Gasteiger partial charge in [-0.25, -0.2) is 4.79 Å². The summed E-state index contributed by atoms with van der Waals surface area (Å²) in [5.74, 6) is 0.904. The summed E-state index contributed by atoms with van der Waals surface area (Å²) in [6.07, 6.45) is 0.538. The minimum absolute atomic E-state index is 0.0805. The first-order valence-corrected chi connectivity index (χ1v) is 11.5. The zero-order valence-electron chi connectivity index (χ0n) is 20.3. The smallest absolute Gasteiger partial charge is 0.410 e. The van der Waals surface area contributed by atoms with Crippen LogP contribution in [0.5, 0.6) is 11.5 Å². The molecule has 1 amide bonds. The van der Waals surface area contributed by atoms with Crippen LogP contribution in [0.2, 0.25) is 0 Å². The SMILES string of the molecule is CCN(C(=O)OCC(C)(C)OC(=O)C(N)Cc1ccccc1)C(C)Cc1ccc2c(c1)OCO2. The number of nitrogens with zero attached hydrogens (tertiary/aromatic N) is 1. The van der Waals surface area contributed by atoms with Crippen molar-refractivity contribution in [1.29, 1.82) is 0 Å². The van der Waals surface area contributed by atoms with Crippen LogP contribution in [0.1, 0.15) is 38.8 Å². The van der Waals surface area contributed by atoms with E-state index in [1.807, 2.05) is 62.4 Å². The van der Waals surface area contributed by atoms with Gasteiger partial charge in [-0.3, -0.25) is 4.79 Å². The highest BCUT2D eigenvalue weighted by Gasteiger charge is 2.30. The molecule has 34 heavy (non-hydrogen) atoms. The van der Waals surface area contributed by atoms with E-state index in [1.165, 1.54) is 0 Å². The molecule has 8 heteroatoms. The van der Waals surface area contributed by atoms with E-state index in [2.05, 4.69) is 0 Å². The average Bonchev–Trinajstić information content (AvgIpc) is 3.26. The summed E-state index contributed by atoms with van der Waals surface area (Å²) in [6, 6.07) is 14.4. The number of rotatable bonds is 10. The van der Waals surface area contributed by atoms with Gasteiger partial charge in [-0.05, 0) is 63.8 Å². The van der Waals surface area contributed by atoms with Crippen molar-refractivity contribution in [3.8, 4) is 11.5 Å². The minimum atomic E-state index is -1.01. The Hall–Kier alpha value is -3.26. The number of carbonyl (C=O) groups is 2. The van der Waals surface area contributed by atoms with E-state index in [9.17, 15) is 9.59 Å². The molecular weight excluding hydrogens is 436 g/mol. The summed E-state index contributed by atoms with van der Waals surface area (Å²) >= 11 is 0. The third kappa shape index (κ3) is 6.87. The summed E-state index contributed by atoms with van der Waals surface area (Å²) in [5.41, 5.74) is 6.99. The topological polar surface area (TPSA) is 100 Å². The maximum absolute atomic E-state index is 12.8. The van der Waals surface area contributed by atoms with Crippen molar-refractivity contribution in [2.45, 2.75) is 58.2 Å². The van der Waals surface area contributed by atoms with E-state index < -0.39 is 23.7 Å². The number of nitrogens with two attached hydrogens (primary N) is 1. The third-order valence-corrected chi connectivity index (χ3v) is 5.60. The molecule has 1 aliphatic heterocycles. The molecule has 0 aliphatic carbocycles. The lowest BCUT2D eigenvalue weighted by Crippen LogP contribution is -2.45. The number of benzene rings is 2. The molecule has 2 atom stereocenters. The summed E-state index contributed by atoms with van der Waals surface area (Å²) in [7, 11) is 0. The van der Waals surface area contributed by atoms with Crippen LogP contribution in [0, 0.1) is 0 Å². The predicted octanol–water partition coefficient (Wildman–Crippen LogP) is 3.70. The normalized spacial score (nSPS) is 14.3. The van der Waals surface area contributed by atoms with Gasteiger partial charge in [-0.15, -0.1) is 0 Å². The molecule has 184 valence electrons. The molecule has 1 heterocycles. The Morgan fingerprint density at radius 2 is 1.76 bits per heavy atom. The van der Waals surface area contributed by atoms with Crippen molar-refractivity contribution < 1.29 is 28.5 Å². The van der Waals surface area contributed by atoms with E-state index in [-0.39, 0.29) is 19.4 Å². The van der Waals surface area contributed by atoms with Crippen LogP contribution >= 0.6 is 0 Å². The lowest BCUT2D eigenvalue weighted by Gasteiger charge is -2.30. The number of amides is 1. The van der Waals surface area contributed by atoms with Crippen molar-refractivity contribution in [3.05, 3.63) is 59.7 Å². The maximum Gasteiger partial charge on any atom is 0.410 e. The number of hydrogen-bond acceptors (Lipinski definition) is 7. The maximum atomic E-state index is 12.8. The molecule has 0 aromatic heterocycles. The van der Waals surface area contributed by atoms with Crippen molar-refractivity contribution in [3.63, 3.8) is 0 Å². The summed E-state index contributed by atoms with van der Waals surface area (Å²) in [5, 5.41) is 0. The predicted molar refractivity (Wildman–Crippen MR) is 128 cm³/mol. The number of likely N-dealkylation sites (N-methyl/N-ethyl adjacent to an activating group) is 1. The first-order valence-electron chi connectivity index (χ1n) is 11.5. The van der Waals surface area contributed by atoms with Crippen molar-refractivity contribution in [1.82, 2.24) is 4.90 Å². The number of carbonyl (C=O) groups excluding carboxylic acids is 2. The number of hydrogen-bond donors (Lipinski definition) is 1. The molecule has 2 unspecified atom stereocenters. The van der Waals surface area contributed by atoms with Gasteiger partial charge in [0, 0.05) is 12.6 Å². The minimum Gasteiger partial charge on any atom is -0.455 e. The highest BCUT2D eigenvalue weighted by Crippen LogP contribution is 2.33. The van der Waals surface area contributed by atoms with Gasteiger partial charge in [0.2, 0.25) is 6.79 Å². The Labute approximate surface area is 200 Å². The standard InChI is InChI=1S/C26H34N2O6/c1-5-28(18(2)13-20-11-12-22-23(15-20)33-17-32-22)25(30)31-16-26(3,4)34-24(29)21(27)14-19-9-7-6-8-10-19/h6-12,15,18,21H,5,13-14,16-17,27H2,1-4H3. The second-order valence-corrected chi connectivity index (χ2v) is 9.06. The van der Waals surface area contributed by atoms with Crippen LogP contribution in [-0.2, 0) is 27.1 Å². The molecule has 0 radical (unpaired) electrons. The molecule has 0 bridgehead atoms. The Balaban J connectivity index is 1.50. The van der Waals surface area contributed by atoms with Gasteiger partial charge >= 0.3 is 12.1 Å². The largest absolute Gasteiger partial charge is 0.455 e. The number of esters is 1. The summed E-state index contributed by atoms with van der Waals surface area (Å²) < 4.78 is 21.9. The van der Waals surface area contributed by atoms with Crippen molar-refractivity contribution >= 4 is 12.1 Å². The van der Waals surface area contributed by atoms with Gasteiger partial charge in [-0.1, -0.05) is 36.4 Å². The molecule has 0 fully saturated rings. The Morgan fingerprint density at radius 1 is 1.06 bits per heavy atom. The molecule has 0 saturated heterocycles. The molecule has 2 aromatic rings. The second kappa shape index (κ2) is 11.2. The highest BCUT2D eigenvalue weighted by atomic mass is 16.7. The van der Waals surface area contributed by atoms with Crippen molar-refractivity contribution in [2.75, 3.05) is 19.9 Å². The fourth-order valence-electron chi connectivity index (χ4n) is 3.79. The number of ether oxygens (including phenoxy) is 4. The summed E-state index contributed by atoms with van der Waals surface area (Å²) in [4.78, 5) is 26.9. The lowest BCUT2D eigenvalue weighted by molar-refractivity contribution is -0.162. The monoisotopic (exact) mass is 470 g/mol. The van der Waals surface area contributed by atoms with Crippen LogP contribution < -0.4 is 15.2 Å². The van der Waals surface area contributed by atoms with Crippen LogP contribution in [0.4, 0.5) is 4.79 Å². The first-order chi connectivity index (χ1) is 16.2. The van der Waals surface area contributed by atoms with Crippen LogP contribution in [0.15, 0.2) is 48.5 Å². The fraction of sp³-hybridized carbons (Fsp3) is 0.462. The molecule has 8 nitrogen and oxygen atoms in total. The second-order valence-electron chi connectivity index (χ2n) is 9.06. The molecule has 3 rings (SSSR count). The Bertz CT molecular complexity index is 979. The van der Waals surface area contributed by atoms with Crippen LogP contribution in [-0.4, -0.2) is 54.6 Å². The zero-order valence-corrected chi connectivity index (χ0v) is 20.3. The van der Waals surface area contributed by atoms with Gasteiger partial charge in [0.25, 0.3) is 0 Å². The Morgan fingerprint density at radius 3 is 2.47 bits per heavy atom. The van der Waals surface area contributed by atoms with Crippen molar-refractivity contribution in [2.24, 2.45) is 5.73 Å². The summed E-state index contributed by atoms with van der Waals surface area (Å²) in [6.45, 7) is 7.86. The van der Waals surface area contributed by atoms with Gasteiger partial charge in [0.05, 0.1) is 0 Å². The molecule has 1 aliphatic rings. The quantitative estimate of drug-likeness (QED) is 0.529. The van der Waals surface area contributed by atoms with E-state index in [1.54, 1.807) is 18.7 Å². The molecule has 2 aromatic carbocycles. The Kier molecular flexibility index (Phi) is 8.39. The van der Waals surface area contributed by atoms with Gasteiger partial charge in [0.1, 0.15) is 18.2 Å².